The van der Waals surface area contributed by atoms with Crippen LogP contribution in [-0.4, -0.2) is 18.1 Å². The zero-order valence-corrected chi connectivity index (χ0v) is 12.5. The second-order valence-electron chi connectivity index (χ2n) is 4.77. The van der Waals surface area contributed by atoms with Crippen molar-refractivity contribution in [3.05, 3.63) is 71.6 Å². The Morgan fingerprint density at radius 2 is 2.00 bits per heavy atom. The SMILES string of the molecule is CCNCc1ccc(COC/C=C/c2ccccc2)nc1. The van der Waals surface area contributed by atoms with E-state index in [0.717, 1.165) is 18.8 Å². The minimum Gasteiger partial charge on any atom is -0.371 e. The second-order valence-corrected chi connectivity index (χ2v) is 4.77. The molecule has 2 aromatic rings. The normalized spacial score (nSPS) is 11.1. The van der Waals surface area contributed by atoms with Gasteiger partial charge in [0.25, 0.3) is 0 Å². The summed E-state index contributed by atoms with van der Waals surface area (Å²) in [7, 11) is 0. The molecule has 3 nitrogen and oxygen atoms in total. The van der Waals surface area contributed by atoms with Gasteiger partial charge in [0.1, 0.15) is 0 Å². The minimum absolute atomic E-state index is 0.542. The van der Waals surface area contributed by atoms with Crippen LogP contribution in [0.15, 0.2) is 54.7 Å². The summed E-state index contributed by atoms with van der Waals surface area (Å²) in [6.07, 6.45) is 5.99. The van der Waals surface area contributed by atoms with Gasteiger partial charge >= 0.3 is 0 Å². The average Bonchev–Trinajstić information content (AvgIpc) is 2.55. The maximum Gasteiger partial charge on any atom is 0.0892 e. The van der Waals surface area contributed by atoms with Crippen molar-refractivity contribution in [1.82, 2.24) is 10.3 Å². The number of aromatic nitrogens is 1. The molecular weight excluding hydrogens is 260 g/mol. The Balaban J connectivity index is 1.70. The largest absolute Gasteiger partial charge is 0.371 e. The second kappa shape index (κ2) is 9.06. The van der Waals surface area contributed by atoms with Crippen LogP contribution in [0.5, 0.6) is 0 Å². The van der Waals surface area contributed by atoms with Crippen LogP contribution >= 0.6 is 0 Å². The van der Waals surface area contributed by atoms with E-state index < -0.39 is 0 Å². The highest BCUT2D eigenvalue weighted by atomic mass is 16.5. The first kappa shape index (κ1) is 15.4. The summed E-state index contributed by atoms with van der Waals surface area (Å²) >= 11 is 0. The van der Waals surface area contributed by atoms with Gasteiger partial charge in [0.2, 0.25) is 0 Å². The molecule has 0 aliphatic carbocycles. The monoisotopic (exact) mass is 282 g/mol. The molecule has 2 rings (SSSR count). The molecule has 0 amide bonds. The maximum absolute atomic E-state index is 5.60. The van der Waals surface area contributed by atoms with Gasteiger partial charge in [-0.25, -0.2) is 0 Å². The predicted octanol–water partition coefficient (Wildman–Crippen LogP) is 3.42. The lowest BCUT2D eigenvalue weighted by atomic mass is 10.2. The van der Waals surface area contributed by atoms with Gasteiger partial charge in [0.05, 0.1) is 18.9 Å². The minimum atomic E-state index is 0.542. The quantitative estimate of drug-likeness (QED) is 0.753. The van der Waals surface area contributed by atoms with E-state index >= 15 is 0 Å². The summed E-state index contributed by atoms with van der Waals surface area (Å²) in [6.45, 7) is 5.07. The molecule has 0 atom stereocenters. The highest BCUT2D eigenvalue weighted by molar-refractivity contribution is 5.48. The molecule has 3 heteroatoms. The molecule has 0 saturated heterocycles. The van der Waals surface area contributed by atoms with Crippen molar-refractivity contribution in [2.75, 3.05) is 13.2 Å². The molecule has 1 heterocycles. The van der Waals surface area contributed by atoms with Crippen LogP contribution in [0.3, 0.4) is 0 Å². The van der Waals surface area contributed by atoms with E-state index in [1.165, 1.54) is 11.1 Å². The van der Waals surface area contributed by atoms with Crippen molar-refractivity contribution in [2.24, 2.45) is 0 Å². The average molecular weight is 282 g/mol. The zero-order chi connectivity index (χ0) is 14.8. The smallest absolute Gasteiger partial charge is 0.0892 e. The van der Waals surface area contributed by atoms with Crippen molar-refractivity contribution < 1.29 is 4.74 Å². The number of nitrogens with zero attached hydrogens (tertiary/aromatic N) is 1. The summed E-state index contributed by atoms with van der Waals surface area (Å²) in [5.41, 5.74) is 3.35. The third kappa shape index (κ3) is 5.90. The summed E-state index contributed by atoms with van der Waals surface area (Å²) in [6, 6.07) is 14.3. The number of pyridine rings is 1. The van der Waals surface area contributed by atoms with Crippen LogP contribution < -0.4 is 5.32 Å². The first-order valence-corrected chi connectivity index (χ1v) is 7.32. The molecule has 0 aliphatic rings. The van der Waals surface area contributed by atoms with E-state index in [0.29, 0.717) is 13.2 Å². The molecule has 0 saturated carbocycles. The molecule has 110 valence electrons. The van der Waals surface area contributed by atoms with Gasteiger partial charge in [-0.15, -0.1) is 0 Å². The summed E-state index contributed by atoms with van der Waals surface area (Å²) in [5.74, 6) is 0. The van der Waals surface area contributed by atoms with Crippen LogP contribution in [0.2, 0.25) is 0 Å². The van der Waals surface area contributed by atoms with Gasteiger partial charge in [0, 0.05) is 12.7 Å². The van der Waals surface area contributed by atoms with E-state index in [1.54, 1.807) is 0 Å². The number of nitrogens with one attached hydrogen (secondary N) is 1. The van der Waals surface area contributed by atoms with Gasteiger partial charge in [0.15, 0.2) is 0 Å². The fourth-order valence-corrected chi connectivity index (χ4v) is 1.89. The molecular formula is C18H22N2O. The highest BCUT2D eigenvalue weighted by Crippen LogP contribution is 2.03. The number of hydrogen-bond acceptors (Lipinski definition) is 3. The molecule has 0 bridgehead atoms. The third-order valence-electron chi connectivity index (χ3n) is 3.04. The predicted molar refractivity (Wildman–Crippen MR) is 86.7 cm³/mol. The molecule has 1 aromatic carbocycles. The lowest BCUT2D eigenvalue weighted by Crippen LogP contribution is -2.12. The van der Waals surface area contributed by atoms with Gasteiger partial charge in [-0.05, 0) is 23.7 Å². The van der Waals surface area contributed by atoms with E-state index in [-0.39, 0.29) is 0 Å². The van der Waals surface area contributed by atoms with Gasteiger partial charge in [-0.3, -0.25) is 4.98 Å². The van der Waals surface area contributed by atoms with Crippen molar-refractivity contribution in [2.45, 2.75) is 20.1 Å². The summed E-state index contributed by atoms with van der Waals surface area (Å²) in [5, 5.41) is 3.28. The molecule has 21 heavy (non-hydrogen) atoms. The Bertz CT molecular complexity index is 535. The Kier molecular flexibility index (Phi) is 6.65. The fourth-order valence-electron chi connectivity index (χ4n) is 1.89. The van der Waals surface area contributed by atoms with E-state index in [2.05, 4.69) is 41.5 Å². The summed E-state index contributed by atoms with van der Waals surface area (Å²) in [4.78, 5) is 4.40. The van der Waals surface area contributed by atoms with Crippen LogP contribution in [0.1, 0.15) is 23.7 Å². The van der Waals surface area contributed by atoms with Gasteiger partial charge in [-0.1, -0.05) is 55.5 Å². The Hall–Kier alpha value is -1.97. The lowest BCUT2D eigenvalue weighted by Gasteiger charge is -2.04. The van der Waals surface area contributed by atoms with Crippen molar-refractivity contribution in [3.8, 4) is 0 Å². The lowest BCUT2D eigenvalue weighted by molar-refractivity contribution is 0.146. The van der Waals surface area contributed by atoms with Crippen molar-refractivity contribution >= 4 is 6.08 Å². The standard InChI is InChI=1S/C18H22N2O/c1-2-19-13-17-10-11-18(20-14-17)15-21-12-6-9-16-7-4-3-5-8-16/h3-11,14,19H,2,12-13,15H2,1H3/b9-6+. The van der Waals surface area contributed by atoms with E-state index in [4.69, 9.17) is 4.74 Å². The first-order chi connectivity index (χ1) is 10.4. The summed E-state index contributed by atoms with van der Waals surface area (Å²) < 4.78 is 5.60. The Labute approximate surface area is 126 Å². The molecule has 0 unspecified atom stereocenters. The maximum atomic E-state index is 5.60. The van der Waals surface area contributed by atoms with Crippen LogP contribution in [0, 0.1) is 0 Å². The number of rotatable bonds is 8. The molecule has 1 N–H and O–H groups in total. The Morgan fingerprint density at radius 1 is 1.14 bits per heavy atom. The molecule has 0 fully saturated rings. The molecule has 0 aliphatic heterocycles. The third-order valence-corrected chi connectivity index (χ3v) is 3.04. The van der Waals surface area contributed by atoms with Gasteiger partial charge < -0.3 is 10.1 Å². The van der Waals surface area contributed by atoms with Crippen LogP contribution in [-0.2, 0) is 17.9 Å². The Morgan fingerprint density at radius 3 is 2.71 bits per heavy atom. The van der Waals surface area contributed by atoms with Crippen LogP contribution in [0.25, 0.3) is 6.08 Å². The van der Waals surface area contributed by atoms with E-state index in [1.807, 2.05) is 36.5 Å². The number of benzene rings is 1. The van der Waals surface area contributed by atoms with Crippen molar-refractivity contribution in [1.29, 1.82) is 0 Å². The zero-order valence-electron chi connectivity index (χ0n) is 12.5. The van der Waals surface area contributed by atoms with Gasteiger partial charge in [-0.2, -0.15) is 0 Å². The number of hydrogen-bond donors (Lipinski definition) is 1. The van der Waals surface area contributed by atoms with E-state index in [9.17, 15) is 0 Å². The highest BCUT2D eigenvalue weighted by Gasteiger charge is 1.96. The van der Waals surface area contributed by atoms with Crippen molar-refractivity contribution in [3.63, 3.8) is 0 Å². The molecule has 1 aromatic heterocycles. The first-order valence-electron chi connectivity index (χ1n) is 7.32. The topological polar surface area (TPSA) is 34.1 Å². The molecule has 0 spiro atoms. The fraction of sp³-hybridized carbons (Fsp3) is 0.278. The molecule has 0 radical (unpaired) electrons. The number of ether oxygens (including phenoxy) is 1. The van der Waals surface area contributed by atoms with Crippen LogP contribution in [0.4, 0.5) is 0 Å².